The summed E-state index contributed by atoms with van der Waals surface area (Å²) in [6.45, 7) is 2.96. The molecular formula is C16H25N5O2. The van der Waals surface area contributed by atoms with E-state index in [0.717, 1.165) is 6.42 Å². The number of hydrogen-bond acceptors (Lipinski definition) is 3. The van der Waals surface area contributed by atoms with Crippen LogP contribution in [0.2, 0.25) is 0 Å². The summed E-state index contributed by atoms with van der Waals surface area (Å²) in [5.74, 6) is -0.449. The third kappa shape index (κ3) is 7.30. The predicted octanol–water partition coefficient (Wildman–Crippen LogP) is 0.365. The summed E-state index contributed by atoms with van der Waals surface area (Å²) in [5, 5.41) is 5.57. The van der Waals surface area contributed by atoms with Gasteiger partial charge in [-0.05, 0) is 31.4 Å². The van der Waals surface area contributed by atoms with Crippen molar-refractivity contribution < 1.29 is 9.59 Å². The van der Waals surface area contributed by atoms with Crippen molar-refractivity contribution in [2.45, 2.75) is 32.2 Å². The Hall–Kier alpha value is -2.57. The molecule has 0 aromatic heterocycles. The van der Waals surface area contributed by atoms with Gasteiger partial charge in [0.2, 0.25) is 5.91 Å². The van der Waals surface area contributed by atoms with Crippen LogP contribution in [0.1, 0.15) is 36.5 Å². The van der Waals surface area contributed by atoms with Gasteiger partial charge in [-0.15, -0.1) is 0 Å². The number of aliphatic imine (C=N–C) groups is 1. The normalized spacial score (nSPS) is 11.3. The van der Waals surface area contributed by atoms with Gasteiger partial charge in [-0.25, -0.2) is 0 Å². The van der Waals surface area contributed by atoms with Crippen LogP contribution in [0, 0.1) is 0 Å². The lowest BCUT2D eigenvalue weighted by Crippen LogP contribution is -2.47. The largest absolute Gasteiger partial charge is 0.370 e. The fourth-order valence-electron chi connectivity index (χ4n) is 1.97. The van der Waals surface area contributed by atoms with E-state index in [1.807, 2.05) is 13.0 Å². The van der Waals surface area contributed by atoms with Gasteiger partial charge in [0.05, 0.1) is 0 Å². The molecule has 6 N–H and O–H groups in total. The van der Waals surface area contributed by atoms with Crippen LogP contribution in [-0.2, 0) is 4.79 Å². The van der Waals surface area contributed by atoms with E-state index in [-0.39, 0.29) is 17.8 Å². The van der Waals surface area contributed by atoms with E-state index in [2.05, 4.69) is 15.6 Å². The van der Waals surface area contributed by atoms with Crippen LogP contribution in [0.4, 0.5) is 0 Å². The first kappa shape index (κ1) is 18.5. The molecule has 1 atom stereocenters. The van der Waals surface area contributed by atoms with E-state index < -0.39 is 6.04 Å². The number of carbonyl (C=O) groups excluding carboxylic acids is 2. The van der Waals surface area contributed by atoms with Crippen LogP contribution in [-0.4, -0.2) is 36.9 Å². The second kappa shape index (κ2) is 10.2. The SMILES string of the molecule is CCCNC(=O)[C@H](CCCN=C(N)N)NC(=O)c1ccccc1. The summed E-state index contributed by atoms with van der Waals surface area (Å²) in [7, 11) is 0. The number of nitrogens with zero attached hydrogens (tertiary/aromatic N) is 1. The molecule has 0 aliphatic heterocycles. The summed E-state index contributed by atoms with van der Waals surface area (Å²) in [6, 6.07) is 8.19. The van der Waals surface area contributed by atoms with Crippen LogP contribution < -0.4 is 22.1 Å². The first-order valence-electron chi connectivity index (χ1n) is 7.73. The van der Waals surface area contributed by atoms with Gasteiger partial charge in [-0.1, -0.05) is 25.1 Å². The maximum absolute atomic E-state index is 12.2. The molecule has 7 heteroatoms. The van der Waals surface area contributed by atoms with Crippen LogP contribution in [0.25, 0.3) is 0 Å². The summed E-state index contributed by atoms with van der Waals surface area (Å²) in [6.07, 6.45) is 1.89. The maximum atomic E-state index is 12.2. The second-order valence-corrected chi connectivity index (χ2v) is 5.13. The highest BCUT2D eigenvalue weighted by Gasteiger charge is 2.20. The van der Waals surface area contributed by atoms with Crippen LogP contribution in [0.3, 0.4) is 0 Å². The van der Waals surface area contributed by atoms with Gasteiger partial charge in [-0.2, -0.15) is 0 Å². The molecule has 0 aliphatic rings. The van der Waals surface area contributed by atoms with Crippen LogP contribution in [0.15, 0.2) is 35.3 Å². The molecule has 0 spiro atoms. The number of hydrogen-bond donors (Lipinski definition) is 4. The molecule has 0 bridgehead atoms. The van der Waals surface area contributed by atoms with Crippen molar-refractivity contribution in [2.24, 2.45) is 16.5 Å². The summed E-state index contributed by atoms with van der Waals surface area (Å²) >= 11 is 0. The first-order valence-corrected chi connectivity index (χ1v) is 7.73. The van der Waals surface area contributed by atoms with E-state index >= 15 is 0 Å². The fraction of sp³-hybridized carbons (Fsp3) is 0.438. The predicted molar refractivity (Wildman–Crippen MR) is 90.9 cm³/mol. The third-order valence-corrected chi connectivity index (χ3v) is 3.15. The van der Waals surface area contributed by atoms with Crippen LogP contribution in [0.5, 0.6) is 0 Å². The molecule has 23 heavy (non-hydrogen) atoms. The first-order chi connectivity index (χ1) is 11.0. The highest BCUT2D eigenvalue weighted by atomic mass is 16.2. The van der Waals surface area contributed by atoms with E-state index in [9.17, 15) is 9.59 Å². The van der Waals surface area contributed by atoms with Crippen molar-refractivity contribution in [3.05, 3.63) is 35.9 Å². The average molecular weight is 319 g/mol. The molecule has 1 rings (SSSR count). The summed E-state index contributed by atoms with van der Waals surface area (Å²) in [5.41, 5.74) is 11.1. The Morgan fingerprint density at radius 1 is 1.22 bits per heavy atom. The molecule has 0 heterocycles. The van der Waals surface area contributed by atoms with E-state index in [0.29, 0.717) is 31.5 Å². The standard InChI is InChI=1S/C16H25N5O2/c1-2-10-19-15(23)13(9-6-11-20-16(17)18)21-14(22)12-7-4-3-5-8-12/h3-5,7-8,13H,2,6,9-11H2,1H3,(H,19,23)(H,21,22)(H4,17,18,20)/t13-/m0/s1. The minimum absolute atomic E-state index is 0.0188. The van der Waals surface area contributed by atoms with Crippen molar-refractivity contribution in [3.8, 4) is 0 Å². The molecule has 2 amide bonds. The summed E-state index contributed by atoms with van der Waals surface area (Å²) in [4.78, 5) is 28.3. The molecule has 0 unspecified atom stereocenters. The molecule has 0 saturated heterocycles. The van der Waals surface area contributed by atoms with Crippen molar-refractivity contribution in [3.63, 3.8) is 0 Å². The number of nitrogens with two attached hydrogens (primary N) is 2. The van der Waals surface area contributed by atoms with Gasteiger partial charge in [0.25, 0.3) is 5.91 Å². The van der Waals surface area contributed by atoms with Gasteiger partial charge in [-0.3, -0.25) is 14.6 Å². The zero-order chi connectivity index (χ0) is 17.1. The molecule has 1 aromatic rings. The quantitative estimate of drug-likeness (QED) is 0.298. The Balaban J connectivity index is 2.64. The number of nitrogens with one attached hydrogen (secondary N) is 2. The Kier molecular flexibility index (Phi) is 8.20. The zero-order valence-corrected chi connectivity index (χ0v) is 13.4. The van der Waals surface area contributed by atoms with Gasteiger partial charge < -0.3 is 22.1 Å². The monoisotopic (exact) mass is 319 g/mol. The Morgan fingerprint density at radius 3 is 2.52 bits per heavy atom. The molecular weight excluding hydrogens is 294 g/mol. The van der Waals surface area contributed by atoms with Crippen molar-refractivity contribution in [1.29, 1.82) is 0 Å². The Bertz CT molecular complexity index is 527. The minimum Gasteiger partial charge on any atom is -0.370 e. The van der Waals surface area contributed by atoms with E-state index in [1.165, 1.54) is 0 Å². The lowest BCUT2D eigenvalue weighted by molar-refractivity contribution is -0.123. The lowest BCUT2D eigenvalue weighted by atomic mass is 10.1. The van der Waals surface area contributed by atoms with Crippen molar-refractivity contribution >= 4 is 17.8 Å². The van der Waals surface area contributed by atoms with Crippen molar-refractivity contribution in [1.82, 2.24) is 10.6 Å². The van der Waals surface area contributed by atoms with Gasteiger partial charge in [0, 0.05) is 18.7 Å². The molecule has 1 aromatic carbocycles. The maximum Gasteiger partial charge on any atom is 0.251 e. The minimum atomic E-state index is -0.608. The molecule has 0 aliphatic carbocycles. The molecule has 0 fully saturated rings. The third-order valence-electron chi connectivity index (χ3n) is 3.15. The molecule has 0 saturated carbocycles. The topological polar surface area (TPSA) is 123 Å². The smallest absolute Gasteiger partial charge is 0.251 e. The average Bonchev–Trinajstić information content (AvgIpc) is 2.55. The molecule has 126 valence electrons. The van der Waals surface area contributed by atoms with Gasteiger partial charge >= 0.3 is 0 Å². The number of carbonyl (C=O) groups is 2. The summed E-state index contributed by atoms with van der Waals surface area (Å²) < 4.78 is 0. The lowest BCUT2D eigenvalue weighted by Gasteiger charge is -2.18. The molecule has 7 nitrogen and oxygen atoms in total. The van der Waals surface area contributed by atoms with E-state index in [1.54, 1.807) is 24.3 Å². The Morgan fingerprint density at radius 2 is 1.91 bits per heavy atom. The zero-order valence-electron chi connectivity index (χ0n) is 13.4. The highest BCUT2D eigenvalue weighted by molar-refractivity contribution is 5.97. The number of guanidine groups is 1. The number of benzene rings is 1. The Labute approximate surface area is 136 Å². The second-order valence-electron chi connectivity index (χ2n) is 5.13. The van der Waals surface area contributed by atoms with Crippen molar-refractivity contribution in [2.75, 3.05) is 13.1 Å². The fourth-order valence-corrected chi connectivity index (χ4v) is 1.97. The van der Waals surface area contributed by atoms with Gasteiger partial charge in [0.15, 0.2) is 5.96 Å². The van der Waals surface area contributed by atoms with E-state index in [4.69, 9.17) is 11.5 Å². The van der Waals surface area contributed by atoms with Gasteiger partial charge in [0.1, 0.15) is 6.04 Å². The van der Waals surface area contributed by atoms with Crippen LogP contribution >= 0.6 is 0 Å². The molecule has 0 radical (unpaired) electrons. The highest BCUT2D eigenvalue weighted by Crippen LogP contribution is 2.03. The number of amides is 2. The number of rotatable bonds is 9.